The van der Waals surface area contributed by atoms with E-state index in [1.807, 2.05) is 12.1 Å². The van der Waals surface area contributed by atoms with Crippen molar-refractivity contribution in [3.8, 4) is 0 Å². The van der Waals surface area contributed by atoms with Gasteiger partial charge in [0.2, 0.25) is 0 Å². The van der Waals surface area contributed by atoms with Crippen LogP contribution in [0.5, 0.6) is 0 Å². The maximum atomic E-state index is 9.38. The molecule has 0 bridgehead atoms. The number of hydrogen-bond donors (Lipinski definition) is 1. The van der Waals surface area contributed by atoms with Crippen molar-refractivity contribution in [2.24, 2.45) is 0 Å². The number of aliphatic hydroxyl groups excluding tert-OH is 1. The predicted molar refractivity (Wildman–Crippen MR) is 82.8 cm³/mol. The molecule has 0 aliphatic heterocycles. The van der Waals surface area contributed by atoms with Gasteiger partial charge in [-0.25, -0.2) is 0 Å². The van der Waals surface area contributed by atoms with Gasteiger partial charge in [0.25, 0.3) is 0 Å². The largest absolute Gasteiger partial charge is 0.392 e. The monoisotopic (exact) mass is 265 g/mol. The Morgan fingerprint density at radius 2 is 1.70 bits per heavy atom. The summed E-state index contributed by atoms with van der Waals surface area (Å²) in [6.07, 6.45) is 3.17. The number of nitrogens with zero attached hydrogens (tertiary/aromatic N) is 1. The summed E-state index contributed by atoms with van der Waals surface area (Å²) >= 11 is 0. The molecule has 0 amide bonds. The van der Waals surface area contributed by atoms with Gasteiger partial charge in [-0.1, -0.05) is 43.3 Å². The molecule has 0 radical (unpaired) electrons. The van der Waals surface area contributed by atoms with Crippen LogP contribution in [0.3, 0.4) is 0 Å². The molecule has 102 valence electrons. The molecule has 0 spiro atoms. The highest BCUT2D eigenvalue weighted by atomic mass is 16.3. The van der Waals surface area contributed by atoms with Gasteiger partial charge in [-0.3, -0.25) is 0 Å². The summed E-state index contributed by atoms with van der Waals surface area (Å²) in [5.41, 5.74) is 4.83. The van der Waals surface area contributed by atoms with E-state index in [4.69, 9.17) is 0 Å². The second-order valence-corrected chi connectivity index (χ2v) is 5.12. The molecule has 0 atom stereocenters. The van der Waals surface area contributed by atoms with Crippen molar-refractivity contribution in [1.29, 1.82) is 0 Å². The van der Waals surface area contributed by atoms with E-state index in [1.165, 1.54) is 16.6 Å². The van der Waals surface area contributed by atoms with Gasteiger partial charge >= 0.3 is 0 Å². The number of aliphatic hydroxyl groups is 1. The van der Waals surface area contributed by atoms with Crippen molar-refractivity contribution in [1.82, 2.24) is 4.57 Å². The van der Waals surface area contributed by atoms with Crippen molar-refractivity contribution >= 4 is 10.9 Å². The number of benzene rings is 2. The smallest absolute Gasteiger partial charge is 0.0688 e. The third kappa shape index (κ3) is 2.35. The maximum absolute atomic E-state index is 9.38. The summed E-state index contributed by atoms with van der Waals surface area (Å²) < 4.78 is 2.23. The molecule has 3 aromatic rings. The minimum absolute atomic E-state index is 0.0898. The summed E-state index contributed by atoms with van der Waals surface area (Å²) in [6, 6.07) is 16.9. The highest BCUT2D eigenvalue weighted by Crippen LogP contribution is 2.21. The van der Waals surface area contributed by atoms with Crippen LogP contribution >= 0.6 is 0 Å². The molecule has 1 heterocycles. The zero-order chi connectivity index (χ0) is 13.9. The molecular formula is C18H19NO. The molecule has 0 unspecified atom stereocenters. The zero-order valence-electron chi connectivity index (χ0n) is 11.7. The molecule has 2 heteroatoms. The molecule has 0 aliphatic carbocycles. The molecule has 20 heavy (non-hydrogen) atoms. The summed E-state index contributed by atoms with van der Waals surface area (Å²) in [5.74, 6) is 0. The van der Waals surface area contributed by atoms with Gasteiger partial charge in [0.15, 0.2) is 0 Å². The van der Waals surface area contributed by atoms with E-state index in [0.717, 1.165) is 23.9 Å². The van der Waals surface area contributed by atoms with Crippen LogP contribution in [-0.2, 0) is 19.6 Å². The minimum Gasteiger partial charge on any atom is -0.392 e. The van der Waals surface area contributed by atoms with Crippen LogP contribution in [0.2, 0.25) is 0 Å². The van der Waals surface area contributed by atoms with Crippen molar-refractivity contribution in [2.75, 3.05) is 0 Å². The Morgan fingerprint density at radius 3 is 2.40 bits per heavy atom. The summed E-state index contributed by atoms with van der Waals surface area (Å²) in [4.78, 5) is 0. The van der Waals surface area contributed by atoms with E-state index >= 15 is 0 Å². The Labute approximate surface area is 119 Å². The first-order valence-electron chi connectivity index (χ1n) is 7.07. The highest BCUT2D eigenvalue weighted by molar-refractivity contribution is 5.83. The Bertz CT molecular complexity index is 710. The maximum Gasteiger partial charge on any atom is 0.0688 e. The van der Waals surface area contributed by atoms with Crippen LogP contribution in [-0.4, -0.2) is 9.67 Å². The lowest BCUT2D eigenvalue weighted by Crippen LogP contribution is -1.98. The third-order valence-corrected chi connectivity index (χ3v) is 3.86. The molecule has 3 rings (SSSR count). The van der Waals surface area contributed by atoms with Crippen molar-refractivity contribution < 1.29 is 5.11 Å². The highest BCUT2D eigenvalue weighted by Gasteiger charge is 2.05. The van der Waals surface area contributed by atoms with Gasteiger partial charge in [0, 0.05) is 23.6 Å². The minimum atomic E-state index is 0.0898. The van der Waals surface area contributed by atoms with Crippen LogP contribution in [0.25, 0.3) is 10.9 Å². The molecule has 0 aliphatic rings. The van der Waals surface area contributed by atoms with Gasteiger partial charge in [-0.15, -0.1) is 0 Å². The van der Waals surface area contributed by atoms with Crippen LogP contribution < -0.4 is 0 Å². The van der Waals surface area contributed by atoms with E-state index in [1.54, 1.807) is 0 Å². The molecule has 2 aromatic carbocycles. The first kappa shape index (κ1) is 12.9. The quantitative estimate of drug-likeness (QED) is 0.763. The molecule has 2 nitrogen and oxygen atoms in total. The summed E-state index contributed by atoms with van der Waals surface area (Å²) in [5, 5.41) is 10.5. The number of fused-ring (bicyclic) bond motifs is 1. The van der Waals surface area contributed by atoms with E-state index in [2.05, 4.69) is 54.1 Å². The average Bonchev–Trinajstić information content (AvgIpc) is 2.91. The molecular weight excluding hydrogens is 246 g/mol. The molecule has 0 saturated heterocycles. The van der Waals surface area contributed by atoms with E-state index in [9.17, 15) is 5.11 Å². The van der Waals surface area contributed by atoms with Gasteiger partial charge in [-0.2, -0.15) is 0 Å². The third-order valence-electron chi connectivity index (χ3n) is 3.86. The van der Waals surface area contributed by atoms with Gasteiger partial charge in [0.05, 0.1) is 6.61 Å². The SMILES string of the molecule is CCc1ccc(Cn2ccc3c(CO)cccc32)cc1. The number of aryl methyl sites for hydroxylation is 1. The van der Waals surface area contributed by atoms with Crippen LogP contribution in [0.1, 0.15) is 23.6 Å². The summed E-state index contributed by atoms with van der Waals surface area (Å²) in [7, 11) is 0. The van der Waals surface area contributed by atoms with Gasteiger partial charge in [0.1, 0.15) is 0 Å². The zero-order valence-corrected chi connectivity index (χ0v) is 11.7. The lowest BCUT2D eigenvalue weighted by atomic mass is 10.1. The van der Waals surface area contributed by atoms with Crippen LogP contribution in [0.4, 0.5) is 0 Å². The summed E-state index contributed by atoms with van der Waals surface area (Å²) in [6.45, 7) is 3.12. The lowest BCUT2D eigenvalue weighted by molar-refractivity contribution is 0.283. The Morgan fingerprint density at radius 1 is 0.950 bits per heavy atom. The molecule has 0 saturated carbocycles. The molecule has 1 aromatic heterocycles. The average molecular weight is 265 g/mol. The number of rotatable bonds is 4. The standard InChI is InChI=1S/C18H19NO/c1-2-14-6-8-15(9-7-14)12-19-11-10-17-16(13-20)4-3-5-18(17)19/h3-11,20H,2,12-13H2,1H3. The van der Waals surface area contributed by atoms with Gasteiger partial charge < -0.3 is 9.67 Å². The second-order valence-electron chi connectivity index (χ2n) is 5.12. The fourth-order valence-electron chi connectivity index (χ4n) is 2.64. The Hall–Kier alpha value is -2.06. The van der Waals surface area contributed by atoms with Crippen LogP contribution in [0, 0.1) is 0 Å². The first-order chi connectivity index (χ1) is 9.81. The lowest BCUT2D eigenvalue weighted by Gasteiger charge is -2.07. The first-order valence-corrected chi connectivity index (χ1v) is 7.07. The normalized spacial score (nSPS) is 11.1. The number of aromatic nitrogens is 1. The van der Waals surface area contributed by atoms with Crippen molar-refractivity contribution in [3.05, 3.63) is 71.4 Å². The predicted octanol–water partition coefficient (Wildman–Crippen LogP) is 3.74. The van der Waals surface area contributed by atoms with E-state index < -0.39 is 0 Å². The molecule has 1 N–H and O–H groups in total. The Balaban J connectivity index is 1.94. The fraction of sp³-hybridized carbons (Fsp3) is 0.222. The van der Waals surface area contributed by atoms with Crippen molar-refractivity contribution in [2.45, 2.75) is 26.5 Å². The fourth-order valence-corrected chi connectivity index (χ4v) is 2.64. The van der Waals surface area contributed by atoms with Gasteiger partial charge in [-0.05, 0) is 35.2 Å². The second kappa shape index (κ2) is 5.51. The van der Waals surface area contributed by atoms with Crippen molar-refractivity contribution in [3.63, 3.8) is 0 Å². The van der Waals surface area contributed by atoms with Crippen LogP contribution in [0.15, 0.2) is 54.7 Å². The van der Waals surface area contributed by atoms with E-state index in [0.29, 0.717) is 0 Å². The van der Waals surface area contributed by atoms with E-state index in [-0.39, 0.29) is 6.61 Å². The number of hydrogen-bond acceptors (Lipinski definition) is 1. The topological polar surface area (TPSA) is 25.2 Å². The Kier molecular flexibility index (Phi) is 3.57. The molecule has 0 fully saturated rings.